The first kappa shape index (κ1) is 13.6. The fourth-order valence-corrected chi connectivity index (χ4v) is 2.23. The van der Waals surface area contributed by atoms with Crippen molar-refractivity contribution < 1.29 is 19.2 Å². The normalized spacial score (nSPS) is 20.1. The summed E-state index contributed by atoms with van der Waals surface area (Å²) in [4.78, 5) is 24.6. The summed E-state index contributed by atoms with van der Waals surface area (Å²) in [6, 6.07) is 0. The molecule has 1 aliphatic heterocycles. The second-order valence-corrected chi connectivity index (χ2v) is 6.01. The van der Waals surface area contributed by atoms with Crippen LogP contribution in [0, 0.1) is 11.3 Å². The number of carboxylic acid groups (broad SMARTS) is 1. The monoisotopic (exact) mass is 266 g/mol. The van der Waals surface area contributed by atoms with Crippen LogP contribution in [0.1, 0.15) is 43.3 Å². The lowest BCUT2D eigenvalue weighted by Gasteiger charge is -2.26. The molecule has 2 heterocycles. The molecule has 0 bridgehead atoms. The van der Waals surface area contributed by atoms with E-state index in [0.717, 1.165) is 0 Å². The summed E-state index contributed by atoms with van der Waals surface area (Å²) in [6.07, 6.45) is 1.67. The highest BCUT2D eigenvalue weighted by Crippen LogP contribution is 2.34. The number of amides is 1. The van der Waals surface area contributed by atoms with Crippen molar-refractivity contribution in [2.75, 3.05) is 6.54 Å². The van der Waals surface area contributed by atoms with E-state index in [9.17, 15) is 9.59 Å². The smallest absolute Gasteiger partial charge is 0.341 e. The maximum atomic E-state index is 12.0. The molecular weight excluding hydrogens is 248 g/mol. The molecule has 19 heavy (non-hydrogen) atoms. The van der Waals surface area contributed by atoms with Gasteiger partial charge in [0, 0.05) is 13.0 Å². The number of likely N-dealkylation sites (tertiary alicyclic amines) is 1. The molecule has 1 fully saturated rings. The standard InChI is InChI=1S/C13H18N2O4/c1-13(2,3)8-4-11(16)15(6-8)7-10-9(12(17)18)5-14-19-10/h5,8H,4,6-7H2,1-3H3,(H,17,18). The maximum absolute atomic E-state index is 12.0. The van der Waals surface area contributed by atoms with E-state index in [1.54, 1.807) is 4.90 Å². The average molecular weight is 266 g/mol. The molecule has 1 saturated heterocycles. The lowest BCUT2D eigenvalue weighted by Crippen LogP contribution is -2.27. The van der Waals surface area contributed by atoms with Crippen LogP contribution >= 0.6 is 0 Å². The van der Waals surface area contributed by atoms with Crippen LogP contribution in [0.25, 0.3) is 0 Å². The van der Waals surface area contributed by atoms with Crippen molar-refractivity contribution in [1.82, 2.24) is 10.1 Å². The van der Waals surface area contributed by atoms with Crippen molar-refractivity contribution in [3.63, 3.8) is 0 Å². The first-order chi connectivity index (χ1) is 8.79. The third kappa shape index (κ3) is 2.77. The van der Waals surface area contributed by atoms with Crippen molar-refractivity contribution in [1.29, 1.82) is 0 Å². The van der Waals surface area contributed by atoms with Gasteiger partial charge in [0.2, 0.25) is 5.91 Å². The van der Waals surface area contributed by atoms with Crippen LogP contribution < -0.4 is 0 Å². The summed E-state index contributed by atoms with van der Waals surface area (Å²) in [7, 11) is 0. The van der Waals surface area contributed by atoms with Crippen LogP contribution in [0.15, 0.2) is 10.7 Å². The van der Waals surface area contributed by atoms with Gasteiger partial charge in [0.15, 0.2) is 5.76 Å². The van der Waals surface area contributed by atoms with Gasteiger partial charge >= 0.3 is 5.97 Å². The summed E-state index contributed by atoms with van der Waals surface area (Å²) in [5.41, 5.74) is 0.0774. The Labute approximate surface area is 111 Å². The van der Waals surface area contributed by atoms with Gasteiger partial charge in [0.1, 0.15) is 5.56 Å². The molecule has 0 spiro atoms. The van der Waals surface area contributed by atoms with Gasteiger partial charge < -0.3 is 14.5 Å². The van der Waals surface area contributed by atoms with E-state index < -0.39 is 5.97 Å². The highest BCUT2D eigenvalue weighted by atomic mass is 16.5. The van der Waals surface area contributed by atoms with Crippen molar-refractivity contribution in [3.8, 4) is 0 Å². The maximum Gasteiger partial charge on any atom is 0.341 e. The zero-order valence-electron chi connectivity index (χ0n) is 11.3. The summed E-state index contributed by atoms with van der Waals surface area (Å²) in [6.45, 7) is 7.11. The van der Waals surface area contributed by atoms with Gasteiger partial charge in [-0.25, -0.2) is 4.79 Å². The molecule has 1 aromatic rings. The fourth-order valence-electron chi connectivity index (χ4n) is 2.23. The number of carbonyl (C=O) groups is 2. The molecule has 0 aliphatic carbocycles. The Hall–Kier alpha value is -1.85. The zero-order valence-corrected chi connectivity index (χ0v) is 11.3. The number of carboxylic acids is 1. The quantitative estimate of drug-likeness (QED) is 0.901. The van der Waals surface area contributed by atoms with E-state index in [1.807, 2.05) is 0 Å². The summed E-state index contributed by atoms with van der Waals surface area (Å²) >= 11 is 0. The van der Waals surface area contributed by atoms with Crippen molar-refractivity contribution in [3.05, 3.63) is 17.5 Å². The molecule has 1 aliphatic rings. The molecule has 1 amide bonds. The number of carbonyl (C=O) groups excluding carboxylic acids is 1. The molecule has 1 N–H and O–H groups in total. The van der Waals surface area contributed by atoms with Crippen LogP contribution in [0.3, 0.4) is 0 Å². The van der Waals surface area contributed by atoms with Crippen molar-refractivity contribution >= 4 is 11.9 Å². The highest BCUT2D eigenvalue weighted by Gasteiger charge is 2.37. The van der Waals surface area contributed by atoms with Gasteiger partial charge in [-0.2, -0.15) is 0 Å². The predicted octanol–water partition coefficient (Wildman–Crippen LogP) is 1.77. The van der Waals surface area contributed by atoms with E-state index in [4.69, 9.17) is 9.63 Å². The fraction of sp³-hybridized carbons (Fsp3) is 0.615. The van der Waals surface area contributed by atoms with Crippen LogP contribution in [0.4, 0.5) is 0 Å². The Morgan fingerprint density at radius 3 is 2.79 bits per heavy atom. The van der Waals surface area contributed by atoms with E-state index in [-0.39, 0.29) is 35.1 Å². The second kappa shape index (κ2) is 4.68. The van der Waals surface area contributed by atoms with Crippen LogP contribution in [-0.4, -0.2) is 33.6 Å². The minimum absolute atomic E-state index is 0.0204. The third-order valence-electron chi connectivity index (χ3n) is 3.65. The van der Waals surface area contributed by atoms with Crippen molar-refractivity contribution in [2.45, 2.75) is 33.7 Å². The molecule has 6 nitrogen and oxygen atoms in total. The van der Waals surface area contributed by atoms with Crippen LogP contribution in [0.2, 0.25) is 0 Å². The average Bonchev–Trinajstić information content (AvgIpc) is 2.86. The van der Waals surface area contributed by atoms with E-state index in [1.165, 1.54) is 6.20 Å². The summed E-state index contributed by atoms with van der Waals surface area (Å²) < 4.78 is 4.93. The predicted molar refractivity (Wildman–Crippen MR) is 66.4 cm³/mol. The largest absolute Gasteiger partial charge is 0.478 e. The molecule has 1 unspecified atom stereocenters. The lowest BCUT2D eigenvalue weighted by molar-refractivity contribution is -0.128. The van der Waals surface area contributed by atoms with Gasteiger partial charge in [-0.1, -0.05) is 25.9 Å². The Balaban J connectivity index is 2.10. The van der Waals surface area contributed by atoms with E-state index >= 15 is 0 Å². The molecule has 0 saturated carbocycles. The Bertz CT molecular complexity index is 501. The number of hydrogen-bond acceptors (Lipinski definition) is 4. The molecule has 6 heteroatoms. The van der Waals surface area contributed by atoms with Gasteiger partial charge in [0.05, 0.1) is 12.7 Å². The lowest BCUT2D eigenvalue weighted by atomic mass is 9.80. The minimum atomic E-state index is -1.09. The summed E-state index contributed by atoms with van der Waals surface area (Å²) in [5.74, 6) is -0.547. The number of rotatable bonds is 3. The minimum Gasteiger partial charge on any atom is -0.478 e. The second-order valence-electron chi connectivity index (χ2n) is 6.01. The number of nitrogens with zero attached hydrogens (tertiary/aromatic N) is 2. The number of aromatic nitrogens is 1. The van der Waals surface area contributed by atoms with Gasteiger partial charge in [0.25, 0.3) is 0 Å². The topological polar surface area (TPSA) is 83.6 Å². The zero-order chi connectivity index (χ0) is 14.2. The first-order valence-corrected chi connectivity index (χ1v) is 6.23. The molecule has 0 aromatic carbocycles. The van der Waals surface area contributed by atoms with Gasteiger partial charge in [-0.05, 0) is 11.3 Å². The SMILES string of the molecule is CC(C)(C)C1CC(=O)N(Cc2oncc2C(=O)O)C1. The third-order valence-corrected chi connectivity index (χ3v) is 3.65. The van der Waals surface area contributed by atoms with E-state index in [0.29, 0.717) is 13.0 Å². The highest BCUT2D eigenvalue weighted by molar-refractivity contribution is 5.88. The summed E-state index contributed by atoms with van der Waals surface area (Å²) in [5, 5.41) is 12.5. The number of aromatic carboxylic acids is 1. The number of hydrogen-bond donors (Lipinski definition) is 1. The molecule has 1 aromatic heterocycles. The molecule has 104 valence electrons. The molecule has 0 radical (unpaired) electrons. The Morgan fingerprint density at radius 1 is 1.58 bits per heavy atom. The molecule has 1 atom stereocenters. The molecular formula is C13H18N2O4. The first-order valence-electron chi connectivity index (χ1n) is 6.23. The molecule has 2 rings (SSSR count). The van der Waals surface area contributed by atoms with E-state index in [2.05, 4.69) is 25.9 Å². The van der Waals surface area contributed by atoms with Gasteiger partial charge in [-0.3, -0.25) is 4.79 Å². The van der Waals surface area contributed by atoms with Crippen LogP contribution in [0.5, 0.6) is 0 Å². The van der Waals surface area contributed by atoms with Gasteiger partial charge in [-0.15, -0.1) is 0 Å². The Morgan fingerprint density at radius 2 is 2.26 bits per heavy atom. The van der Waals surface area contributed by atoms with Crippen LogP contribution in [-0.2, 0) is 11.3 Å². The van der Waals surface area contributed by atoms with Crippen molar-refractivity contribution in [2.24, 2.45) is 11.3 Å². The Kier molecular flexibility index (Phi) is 3.34.